The summed E-state index contributed by atoms with van der Waals surface area (Å²) >= 11 is 0. The second-order valence-corrected chi connectivity index (χ2v) is 7.10. The Morgan fingerprint density at radius 3 is 2.69 bits per heavy atom. The van der Waals surface area contributed by atoms with Gasteiger partial charge in [0.1, 0.15) is 17.9 Å². The van der Waals surface area contributed by atoms with Crippen molar-refractivity contribution in [2.75, 3.05) is 26.2 Å². The SMILES string of the molecule is CCCN1CCC(NC(=NCc2oc3ccccc3c2C)NCC)CC1. The molecule has 1 saturated heterocycles. The maximum absolute atomic E-state index is 5.99. The Labute approximate surface area is 156 Å². The van der Waals surface area contributed by atoms with E-state index in [-0.39, 0.29) is 0 Å². The van der Waals surface area contributed by atoms with Gasteiger partial charge >= 0.3 is 0 Å². The summed E-state index contributed by atoms with van der Waals surface area (Å²) in [5.74, 6) is 1.84. The normalized spacial score (nSPS) is 17.0. The van der Waals surface area contributed by atoms with Crippen LogP contribution in [0.3, 0.4) is 0 Å². The number of piperidine rings is 1. The first-order chi connectivity index (χ1) is 12.7. The van der Waals surface area contributed by atoms with Crippen molar-refractivity contribution in [1.82, 2.24) is 15.5 Å². The largest absolute Gasteiger partial charge is 0.459 e. The zero-order valence-electron chi connectivity index (χ0n) is 16.3. The first-order valence-corrected chi connectivity index (χ1v) is 9.95. The van der Waals surface area contributed by atoms with Crippen LogP contribution >= 0.6 is 0 Å². The number of guanidine groups is 1. The predicted octanol–water partition coefficient (Wildman–Crippen LogP) is 3.67. The quantitative estimate of drug-likeness (QED) is 0.612. The summed E-state index contributed by atoms with van der Waals surface area (Å²) in [6.07, 6.45) is 3.58. The second-order valence-electron chi connectivity index (χ2n) is 7.10. The maximum Gasteiger partial charge on any atom is 0.191 e. The summed E-state index contributed by atoms with van der Waals surface area (Å²) in [7, 11) is 0. The molecule has 2 aromatic rings. The number of benzene rings is 1. The Morgan fingerprint density at radius 1 is 1.23 bits per heavy atom. The lowest BCUT2D eigenvalue weighted by Gasteiger charge is -2.32. The Bertz CT molecular complexity index is 729. The Morgan fingerprint density at radius 2 is 2.00 bits per heavy atom. The van der Waals surface area contributed by atoms with Gasteiger partial charge in [-0.3, -0.25) is 0 Å². The van der Waals surface area contributed by atoms with E-state index in [4.69, 9.17) is 9.41 Å². The summed E-state index contributed by atoms with van der Waals surface area (Å²) in [4.78, 5) is 7.33. The van der Waals surface area contributed by atoms with Crippen LogP contribution < -0.4 is 10.6 Å². The molecule has 1 aliphatic rings. The van der Waals surface area contributed by atoms with E-state index < -0.39 is 0 Å². The fourth-order valence-electron chi connectivity index (χ4n) is 3.66. The molecule has 3 rings (SSSR count). The van der Waals surface area contributed by atoms with Crippen LogP contribution in [0.1, 0.15) is 44.4 Å². The molecule has 1 aromatic carbocycles. The number of nitrogens with zero attached hydrogens (tertiary/aromatic N) is 2. The molecule has 1 aliphatic heterocycles. The molecule has 0 bridgehead atoms. The zero-order chi connectivity index (χ0) is 18.4. The zero-order valence-corrected chi connectivity index (χ0v) is 16.3. The van der Waals surface area contributed by atoms with Gasteiger partial charge in [-0.25, -0.2) is 4.99 Å². The first kappa shape index (κ1) is 18.8. The van der Waals surface area contributed by atoms with Crippen LogP contribution in [0, 0.1) is 6.92 Å². The van der Waals surface area contributed by atoms with Crippen molar-refractivity contribution in [3.63, 3.8) is 0 Å². The number of aryl methyl sites for hydroxylation is 1. The minimum absolute atomic E-state index is 0.498. The van der Waals surface area contributed by atoms with Gasteiger partial charge in [0.25, 0.3) is 0 Å². The molecule has 2 N–H and O–H groups in total. The molecule has 1 fully saturated rings. The van der Waals surface area contributed by atoms with E-state index >= 15 is 0 Å². The monoisotopic (exact) mass is 356 g/mol. The van der Waals surface area contributed by atoms with Gasteiger partial charge in [0.15, 0.2) is 5.96 Å². The lowest BCUT2D eigenvalue weighted by atomic mass is 10.1. The molecule has 0 radical (unpaired) electrons. The lowest BCUT2D eigenvalue weighted by molar-refractivity contribution is 0.206. The minimum Gasteiger partial charge on any atom is -0.459 e. The number of para-hydroxylation sites is 1. The van der Waals surface area contributed by atoms with Gasteiger partial charge in [0, 0.05) is 36.6 Å². The molecule has 0 atom stereocenters. The number of aliphatic imine (C=N–C) groups is 1. The summed E-state index contributed by atoms with van der Waals surface area (Å²) in [5.41, 5.74) is 2.13. The van der Waals surface area contributed by atoms with Crippen molar-refractivity contribution in [2.45, 2.75) is 52.6 Å². The van der Waals surface area contributed by atoms with Crippen molar-refractivity contribution in [3.8, 4) is 0 Å². The molecule has 0 spiro atoms. The average molecular weight is 357 g/mol. The Balaban J connectivity index is 1.62. The van der Waals surface area contributed by atoms with Gasteiger partial charge in [-0.1, -0.05) is 25.1 Å². The average Bonchev–Trinajstić information content (AvgIpc) is 2.98. The molecule has 0 aliphatic carbocycles. The van der Waals surface area contributed by atoms with Crippen LogP contribution in [-0.2, 0) is 6.54 Å². The van der Waals surface area contributed by atoms with E-state index in [9.17, 15) is 0 Å². The van der Waals surface area contributed by atoms with Crippen molar-refractivity contribution in [2.24, 2.45) is 4.99 Å². The number of furan rings is 1. The van der Waals surface area contributed by atoms with Crippen LogP contribution in [-0.4, -0.2) is 43.1 Å². The molecule has 5 nitrogen and oxygen atoms in total. The smallest absolute Gasteiger partial charge is 0.191 e. The van der Waals surface area contributed by atoms with Gasteiger partial charge in [-0.05, 0) is 45.7 Å². The summed E-state index contributed by atoms with van der Waals surface area (Å²) < 4.78 is 5.99. The fourth-order valence-corrected chi connectivity index (χ4v) is 3.66. The Kier molecular flexibility index (Phi) is 6.56. The van der Waals surface area contributed by atoms with Gasteiger partial charge in [0.05, 0.1) is 0 Å². The van der Waals surface area contributed by atoms with Crippen molar-refractivity contribution in [3.05, 3.63) is 35.6 Å². The van der Waals surface area contributed by atoms with Gasteiger partial charge in [-0.15, -0.1) is 0 Å². The summed E-state index contributed by atoms with van der Waals surface area (Å²) in [6, 6.07) is 8.68. The third-order valence-corrected chi connectivity index (χ3v) is 5.14. The van der Waals surface area contributed by atoms with Crippen LogP contribution in [0.2, 0.25) is 0 Å². The molecule has 142 valence electrons. The second kappa shape index (κ2) is 9.08. The van der Waals surface area contributed by atoms with E-state index in [1.54, 1.807) is 0 Å². The van der Waals surface area contributed by atoms with E-state index in [2.05, 4.69) is 48.4 Å². The number of nitrogens with one attached hydrogen (secondary N) is 2. The van der Waals surface area contributed by atoms with Crippen LogP contribution in [0.4, 0.5) is 0 Å². The highest BCUT2D eigenvalue weighted by atomic mass is 16.3. The van der Waals surface area contributed by atoms with E-state index in [1.165, 1.54) is 49.8 Å². The number of hydrogen-bond acceptors (Lipinski definition) is 3. The summed E-state index contributed by atoms with van der Waals surface area (Å²) in [5, 5.41) is 8.17. The molecule has 0 amide bonds. The third-order valence-electron chi connectivity index (χ3n) is 5.14. The Hall–Kier alpha value is -2.01. The van der Waals surface area contributed by atoms with E-state index in [1.807, 2.05) is 12.1 Å². The van der Waals surface area contributed by atoms with Gasteiger partial charge in [0.2, 0.25) is 0 Å². The minimum atomic E-state index is 0.498. The third kappa shape index (κ3) is 4.58. The highest BCUT2D eigenvalue weighted by Gasteiger charge is 2.19. The molecule has 5 heteroatoms. The fraction of sp³-hybridized carbons (Fsp3) is 0.571. The van der Waals surface area contributed by atoms with E-state index in [0.29, 0.717) is 12.6 Å². The first-order valence-electron chi connectivity index (χ1n) is 9.95. The number of hydrogen-bond donors (Lipinski definition) is 2. The van der Waals surface area contributed by atoms with Crippen LogP contribution in [0.15, 0.2) is 33.7 Å². The molecule has 0 saturated carbocycles. The van der Waals surface area contributed by atoms with Gasteiger partial charge in [-0.2, -0.15) is 0 Å². The van der Waals surface area contributed by atoms with Gasteiger partial charge < -0.3 is 20.0 Å². The lowest BCUT2D eigenvalue weighted by Crippen LogP contribution is -2.48. The van der Waals surface area contributed by atoms with Crippen LogP contribution in [0.5, 0.6) is 0 Å². The highest BCUT2D eigenvalue weighted by Crippen LogP contribution is 2.25. The van der Waals surface area contributed by atoms with Crippen molar-refractivity contribution in [1.29, 1.82) is 0 Å². The number of rotatable bonds is 6. The van der Waals surface area contributed by atoms with Crippen molar-refractivity contribution < 1.29 is 4.42 Å². The summed E-state index contributed by atoms with van der Waals surface area (Å²) in [6.45, 7) is 11.5. The molecular formula is C21H32N4O. The predicted molar refractivity (Wildman–Crippen MR) is 109 cm³/mol. The van der Waals surface area contributed by atoms with Crippen LogP contribution in [0.25, 0.3) is 11.0 Å². The highest BCUT2D eigenvalue weighted by molar-refractivity contribution is 5.82. The molecule has 0 unspecified atom stereocenters. The standard InChI is InChI=1S/C21H32N4O/c1-4-12-25-13-10-17(11-14-25)24-21(22-5-2)23-15-20-16(3)18-8-6-7-9-19(18)26-20/h6-9,17H,4-5,10-15H2,1-3H3,(H2,22,23,24). The number of likely N-dealkylation sites (tertiary alicyclic amines) is 1. The van der Waals surface area contributed by atoms with Crippen molar-refractivity contribution >= 4 is 16.9 Å². The maximum atomic E-state index is 5.99. The number of fused-ring (bicyclic) bond motifs is 1. The topological polar surface area (TPSA) is 52.8 Å². The molecule has 26 heavy (non-hydrogen) atoms. The molecule has 1 aromatic heterocycles. The molecular weight excluding hydrogens is 324 g/mol. The van der Waals surface area contributed by atoms with E-state index in [0.717, 1.165) is 23.8 Å². The molecule has 2 heterocycles.